The number of aryl methyl sites for hydroxylation is 1. The van der Waals surface area contributed by atoms with Crippen molar-refractivity contribution in [3.63, 3.8) is 0 Å². The quantitative estimate of drug-likeness (QED) is 0.518. The van der Waals surface area contributed by atoms with Gasteiger partial charge in [-0.15, -0.1) is 0 Å². The molecule has 3 heteroatoms. The van der Waals surface area contributed by atoms with E-state index in [-0.39, 0.29) is 24.0 Å². The molecule has 0 aliphatic heterocycles. The first-order valence-corrected chi connectivity index (χ1v) is 6.39. The van der Waals surface area contributed by atoms with Crippen LogP contribution < -0.4 is 28.9 Å². The Morgan fingerprint density at radius 1 is 1.15 bits per heavy atom. The molecule has 0 aliphatic rings. The van der Waals surface area contributed by atoms with E-state index >= 15 is 0 Å². The summed E-state index contributed by atoms with van der Waals surface area (Å²) in [7, 11) is 4.14. The molecule has 0 heterocycles. The van der Waals surface area contributed by atoms with Gasteiger partial charge in [-0.05, 0) is 0 Å². The normalized spacial score (nSPS) is 9.23. The smallest absolute Gasteiger partial charge is 1.00 e. The number of anilines is 1. The molecule has 1 nitrogen and oxygen atoms in total. The van der Waals surface area contributed by atoms with Gasteiger partial charge in [0.05, 0.1) is 0 Å². The van der Waals surface area contributed by atoms with Crippen molar-refractivity contribution in [1.82, 2.24) is 0 Å². The second-order valence-corrected chi connectivity index (χ2v) is 4.65. The van der Waals surface area contributed by atoms with E-state index in [1.165, 1.54) is 41.0 Å². The summed E-state index contributed by atoms with van der Waals surface area (Å²) in [6.07, 6.45) is 1.24. The van der Waals surface area contributed by atoms with Gasteiger partial charge in [0.1, 0.15) is 0 Å². The Bertz CT molecular complexity index is 233. The molecule has 0 bridgehead atoms. The minimum Gasteiger partial charge on any atom is -1.00 e. The molecule has 0 atom stereocenters. The van der Waals surface area contributed by atoms with Crippen LogP contribution in [-0.2, 0) is 24.7 Å². The van der Waals surface area contributed by atoms with Crippen LogP contribution in [0.25, 0.3) is 0 Å². The van der Waals surface area contributed by atoms with E-state index in [9.17, 15) is 0 Å². The van der Waals surface area contributed by atoms with Gasteiger partial charge in [0.15, 0.2) is 0 Å². The summed E-state index contributed by atoms with van der Waals surface area (Å²) in [6, 6.07) is 8.83. The third-order valence-corrected chi connectivity index (χ3v) is 2.66. The Morgan fingerprint density at radius 3 is 2.08 bits per heavy atom. The molecule has 1 rings (SSSR count). The molecular weight excluding hydrogens is 326 g/mol. The number of nitrogens with zero attached hydrogens (tertiary/aromatic N) is 1. The summed E-state index contributed by atoms with van der Waals surface area (Å²) in [5.41, 5.74) is 2.75. The zero-order valence-corrected chi connectivity index (χ0v) is 13.4. The van der Waals surface area contributed by atoms with Gasteiger partial charge in [0.25, 0.3) is 0 Å². The van der Waals surface area contributed by atoms with Gasteiger partial charge < -0.3 is 24.0 Å². The summed E-state index contributed by atoms with van der Waals surface area (Å²) in [5.74, 6) is 0. The first kappa shape index (κ1) is 13.4. The number of halogens is 1. The summed E-state index contributed by atoms with van der Waals surface area (Å²) in [5, 5.41) is 1.35. The van der Waals surface area contributed by atoms with Crippen molar-refractivity contribution < 1.29 is 42.3 Å². The van der Waals surface area contributed by atoms with Crippen molar-refractivity contribution in [3.05, 3.63) is 29.8 Å². The molecular formula is C10H14INZn. The maximum Gasteiger partial charge on any atom is -1.00 e. The fraction of sp³-hybridized carbons (Fsp3) is 0.400. The van der Waals surface area contributed by atoms with E-state index in [2.05, 4.69) is 43.3 Å². The number of hydrogen-bond donors (Lipinski definition) is 0. The third kappa shape index (κ3) is 4.41. The van der Waals surface area contributed by atoms with Crippen LogP contribution in [0, 0.1) is 0 Å². The van der Waals surface area contributed by atoms with E-state index in [4.69, 9.17) is 0 Å². The minimum absolute atomic E-state index is 0. The molecule has 0 aliphatic carbocycles. The van der Waals surface area contributed by atoms with Gasteiger partial charge >= 0.3 is 84.2 Å². The first-order chi connectivity index (χ1) is 5.74. The second kappa shape index (κ2) is 6.77. The van der Waals surface area contributed by atoms with Gasteiger partial charge in [0.2, 0.25) is 0 Å². The number of hydrogen-bond acceptors (Lipinski definition) is 1. The van der Waals surface area contributed by atoms with E-state index in [1.54, 1.807) is 0 Å². The van der Waals surface area contributed by atoms with Crippen molar-refractivity contribution in [1.29, 1.82) is 0 Å². The molecule has 0 radical (unpaired) electrons. The minimum atomic E-state index is 0. The molecule has 13 heavy (non-hydrogen) atoms. The Balaban J connectivity index is 0.00000144. The maximum atomic E-state index is 2.23. The van der Waals surface area contributed by atoms with Crippen molar-refractivity contribution in [2.45, 2.75) is 11.4 Å². The summed E-state index contributed by atoms with van der Waals surface area (Å²) in [4.78, 5) is 2.13. The predicted molar refractivity (Wildman–Crippen MR) is 49.3 cm³/mol. The van der Waals surface area contributed by atoms with E-state index in [1.807, 2.05) is 0 Å². The molecule has 0 saturated heterocycles. The number of rotatable bonds is 3. The van der Waals surface area contributed by atoms with Crippen molar-refractivity contribution in [3.8, 4) is 0 Å². The second-order valence-electron chi connectivity index (χ2n) is 3.16. The largest absolute Gasteiger partial charge is 1.00 e. The van der Waals surface area contributed by atoms with Crippen LogP contribution in [0.4, 0.5) is 5.69 Å². The standard InChI is InChI=1S/C10H14N.HI.Zn/c1-4-9-5-7-10(8-6-9)11(2)3;;/h5-8H,1,4H2,2-3H3;1H;/q;;+1/p-1. The molecule has 0 spiro atoms. The topological polar surface area (TPSA) is 3.24 Å². The average molecular weight is 341 g/mol. The maximum absolute atomic E-state index is 2.23. The van der Waals surface area contributed by atoms with Crippen LogP contribution in [0.5, 0.6) is 0 Å². The van der Waals surface area contributed by atoms with Crippen LogP contribution in [0.2, 0.25) is 5.02 Å². The summed E-state index contributed by atoms with van der Waals surface area (Å²) >= 11 is 1.40. The Morgan fingerprint density at radius 2 is 1.69 bits per heavy atom. The molecule has 1 aromatic carbocycles. The van der Waals surface area contributed by atoms with Gasteiger partial charge in [-0.1, -0.05) is 0 Å². The van der Waals surface area contributed by atoms with Crippen molar-refractivity contribution in [2.75, 3.05) is 19.0 Å². The molecule has 0 unspecified atom stereocenters. The van der Waals surface area contributed by atoms with E-state index in [0.29, 0.717) is 0 Å². The number of benzene rings is 1. The third-order valence-electron chi connectivity index (χ3n) is 1.92. The summed E-state index contributed by atoms with van der Waals surface area (Å²) < 4.78 is 0. The fourth-order valence-electron chi connectivity index (χ4n) is 1.16. The average Bonchev–Trinajstić information content (AvgIpc) is 2.06. The van der Waals surface area contributed by atoms with Gasteiger partial charge in [-0.25, -0.2) is 0 Å². The van der Waals surface area contributed by atoms with Crippen molar-refractivity contribution in [2.24, 2.45) is 0 Å². The van der Waals surface area contributed by atoms with Crippen LogP contribution >= 0.6 is 0 Å². The first-order valence-electron chi connectivity index (χ1n) is 4.29. The monoisotopic (exact) mass is 339 g/mol. The molecule has 0 N–H and O–H groups in total. The van der Waals surface area contributed by atoms with E-state index < -0.39 is 0 Å². The molecule has 68 valence electrons. The van der Waals surface area contributed by atoms with E-state index in [0.717, 1.165) is 0 Å². The van der Waals surface area contributed by atoms with Crippen LogP contribution in [0.1, 0.15) is 5.56 Å². The fourth-order valence-corrected chi connectivity index (χ4v) is 2.02. The summed E-state index contributed by atoms with van der Waals surface area (Å²) in [6.45, 7) is 0. The molecule has 0 saturated carbocycles. The molecule has 1 aromatic rings. The Kier molecular flexibility index (Phi) is 6.97. The SMILES string of the molecule is CN(C)c1ccc(C[CH2][Zn+])cc1.[I-]. The van der Waals surface area contributed by atoms with Gasteiger partial charge in [-0.2, -0.15) is 0 Å². The molecule has 0 aromatic heterocycles. The zero-order valence-electron chi connectivity index (χ0n) is 8.26. The van der Waals surface area contributed by atoms with Crippen LogP contribution in [-0.4, -0.2) is 14.1 Å². The van der Waals surface area contributed by atoms with Crippen molar-refractivity contribution >= 4 is 5.69 Å². The van der Waals surface area contributed by atoms with Gasteiger partial charge in [0, 0.05) is 0 Å². The van der Waals surface area contributed by atoms with Gasteiger partial charge in [-0.3, -0.25) is 0 Å². The predicted octanol–water partition coefficient (Wildman–Crippen LogP) is -0.736. The van der Waals surface area contributed by atoms with Crippen LogP contribution in [0.3, 0.4) is 0 Å². The molecule has 0 amide bonds. The molecule has 0 fully saturated rings. The Labute approximate surface area is 108 Å². The van der Waals surface area contributed by atoms with Crippen LogP contribution in [0.15, 0.2) is 24.3 Å². The zero-order chi connectivity index (χ0) is 8.97. The Hall–Kier alpha value is 0.373.